The number of thiophene rings is 1. The Hall–Kier alpha value is -3.00. The van der Waals surface area contributed by atoms with E-state index in [0.29, 0.717) is 17.0 Å². The Morgan fingerprint density at radius 1 is 1.38 bits per heavy atom. The Kier molecular flexibility index (Phi) is 6.21. The van der Waals surface area contributed by atoms with Crippen molar-refractivity contribution in [1.82, 2.24) is 5.43 Å². The zero-order valence-corrected chi connectivity index (χ0v) is 13.5. The number of amides is 1. The summed E-state index contributed by atoms with van der Waals surface area (Å²) in [5.41, 5.74) is 3.25. The maximum Gasteiger partial charge on any atom is 0.324 e. The van der Waals surface area contributed by atoms with Gasteiger partial charge in [0.1, 0.15) is 5.75 Å². The Labute approximate surface area is 142 Å². The van der Waals surface area contributed by atoms with Crippen molar-refractivity contribution in [3.8, 4) is 5.75 Å². The number of allylic oxidation sites excluding steroid dienone is 1. The first-order chi connectivity index (χ1) is 11.6. The molecule has 0 bridgehead atoms. The van der Waals surface area contributed by atoms with Gasteiger partial charge >= 0.3 is 5.00 Å². The van der Waals surface area contributed by atoms with E-state index >= 15 is 0 Å². The molecule has 0 atom stereocenters. The molecule has 24 heavy (non-hydrogen) atoms. The summed E-state index contributed by atoms with van der Waals surface area (Å²) in [5.74, 6) is 0.191. The maximum atomic E-state index is 11.7. The van der Waals surface area contributed by atoms with Crippen LogP contribution in [0.4, 0.5) is 5.00 Å². The third kappa shape index (κ3) is 5.03. The molecule has 7 nitrogen and oxygen atoms in total. The lowest BCUT2D eigenvalue weighted by Gasteiger charge is -2.09. The number of rotatable bonds is 8. The molecule has 0 spiro atoms. The van der Waals surface area contributed by atoms with Gasteiger partial charge in [0.15, 0.2) is 6.61 Å². The minimum absolute atomic E-state index is 0.0185. The fourth-order valence-electron chi connectivity index (χ4n) is 1.82. The van der Waals surface area contributed by atoms with Crippen molar-refractivity contribution in [2.24, 2.45) is 5.10 Å². The van der Waals surface area contributed by atoms with Gasteiger partial charge in [-0.1, -0.05) is 35.6 Å². The van der Waals surface area contributed by atoms with Crippen LogP contribution in [0.25, 0.3) is 0 Å². The quantitative estimate of drug-likeness (QED) is 0.344. The Bertz CT molecular complexity index is 770. The molecule has 0 unspecified atom stereocenters. The van der Waals surface area contributed by atoms with Crippen LogP contribution in [0.3, 0.4) is 0 Å². The van der Waals surface area contributed by atoms with E-state index in [1.807, 2.05) is 18.2 Å². The molecule has 0 fully saturated rings. The van der Waals surface area contributed by atoms with Crippen molar-refractivity contribution in [2.75, 3.05) is 6.61 Å². The number of benzene rings is 1. The maximum absolute atomic E-state index is 11.7. The Balaban J connectivity index is 1.84. The number of hydrazone groups is 1. The van der Waals surface area contributed by atoms with E-state index in [1.54, 1.807) is 18.2 Å². The van der Waals surface area contributed by atoms with E-state index in [9.17, 15) is 14.9 Å². The van der Waals surface area contributed by atoms with Crippen LogP contribution >= 0.6 is 11.3 Å². The summed E-state index contributed by atoms with van der Waals surface area (Å²) >= 11 is 0.970. The average molecular weight is 345 g/mol. The molecule has 0 aliphatic rings. The van der Waals surface area contributed by atoms with Crippen molar-refractivity contribution in [3.63, 3.8) is 0 Å². The molecule has 2 rings (SSSR count). The van der Waals surface area contributed by atoms with Crippen molar-refractivity contribution < 1.29 is 14.5 Å². The molecule has 8 heteroatoms. The molecule has 124 valence electrons. The van der Waals surface area contributed by atoms with Crippen LogP contribution in [0.1, 0.15) is 10.4 Å². The number of para-hydroxylation sites is 1. The minimum Gasteiger partial charge on any atom is -0.483 e. The normalized spacial score (nSPS) is 10.5. The minimum atomic E-state index is -0.477. The van der Waals surface area contributed by atoms with Gasteiger partial charge in [0.25, 0.3) is 5.91 Å². The Morgan fingerprint density at radius 3 is 2.88 bits per heavy atom. The van der Waals surface area contributed by atoms with Gasteiger partial charge in [-0.3, -0.25) is 14.9 Å². The predicted octanol–water partition coefficient (Wildman–Crippen LogP) is 2.91. The first kappa shape index (κ1) is 17.4. The number of hydrogen-bond donors (Lipinski definition) is 1. The van der Waals surface area contributed by atoms with Crippen LogP contribution < -0.4 is 10.2 Å². The van der Waals surface area contributed by atoms with E-state index < -0.39 is 10.8 Å². The topological polar surface area (TPSA) is 93.8 Å². The second kappa shape index (κ2) is 8.59. The molecule has 0 radical (unpaired) electrons. The second-order valence-corrected chi connectivity index (χ2v) is 5.71. The molecule has 1 aromatic heterocycles. The molecular weight excluding hydrogens is 330 g/mol. The van der Waals surface area contributed by atoms with E-state index in [1.165, 1.54) is 12.3 Å². The lowest BCUT2D eigenvalue weighted by Crippen LogP contribution is -2.24. The Morgan fingerprint density at radius 2 is 2.17 bits per heavy atom. The van der Waals surface area contributed by atoms with Crippen molar-refractivity contribution >= 4 is 28.5 Å². The van der Waals surface area contributed by atoms with E-state index in [-0.39, 0.29) is 11.6 Å². The van der Waals surface area contributed by atoms with Gasteiger partial charge in [-0.25, -0.2) is 5.43 Å². The van der Waals surface area contributed by atoms with Crippen LogP contribution in [0.15, 0.2) is 54.2 Å². The first-order valence-electron chi connectivity index (χ1n) is 6.98. The molecule has 0 saturated heterocycles. The summed E-state index contributed by atoms with van der Waals surface area (Å²) in [5, 5.41) is 14.3. The van der Waals surface area contributed by atoms with Gasteiger partial charge in [-0.2, -0.15) is 5.10 Å². The van der Waals surface area contributed by atoms with Gasteiger partial charge in [-0.15, -0.1) is 6.58 Å². The third-order valence-corrected chi connectivity index (χ3v) is 3.84. The number of ether oxygens (including phenoxy) is 1. The van der Waals surface area contributed by atoms with Crippen molar-refractivity contribution in [3.05, 3.63) is 69.6 Å². The molecule has 1 amide bonds. The molecule has 0 aliphatic carbocycles. The molecule has 1 N–H and O–H groups in total. The van der Waals surface area contributed by atoms with E-state index in [2.05, 4.69) is 17.1 Å². The average Bonchev–Trinajstić information content (AvgIpc) is 3.03. The van der Waals surface area contributed by atoms with E-state index in [4.69, 9.17) is 4.74 Å². The second-order valence-electron chi connectivity index (χ2n) is 4.62. The number of nitrogens with one attached hydrogen (secondary N) is 1. The van der Waals surface area contributed by atoms with Gasteiger partial charge in [0, 0.05) is 6.07 Å². The standard InChI is InChI=1S/C16H15N3O4S/c1-2-5-12-6-3-4-7-14(12)23-11-15(20)18-17-10-13-8-9-16(24-13)19(21)22/h2-4,6-10H,1,5,11H2,(H,18,20). The summed E-state index contributed by atoms with van der Waals surface area (Å²) in [7, 11) is 0. The van der Waals surface area contributed by atoms with Crippen LogP contribution in [0.2, 0.25) is 0 Å². The number of carbonyl (C=O) groups excluding carboxylic acids is 1. The highest BCUT2D eigenvalue weighted by Gasteiger charge is 2.08. The third-order valence-electron chi connectivity index (χ3n) is 2.87. The van der Waals surface area contributed by atoms with Gasteiger partial charge in [-0.05, 0) is 24.1 Å². The summed E-state index contributed by atoms with van der Waals surface area (Å²) in [6.45, 7) is 3.49. The zero-order valence-electron chi connectivity index (χ0n) is 12.7. The number of nitro groups is 1. The first-order valence-corrected chi connectivity index (χ1v) is 7.79. The summed E-state index contributed by atoms with van der Waals surface area (Å²) in [6, 6.07) is 10.3. The predicted molar refractivity (Wildman–Crippen MR) is 92.5 cm³/mol. The largest absolute Gasteiger partial charge is 0.483 e. The van der Waals surface area contributed by atoms with Gasteiger partial charge < -0.3 is 4.74 Å². The highest BCUT2D eigenvalue weighted by Crippen LogP contribution is 2.22. The monoisotopic (exact) mass is 345 g/mol. The number of carbonyl (C=O) groups is 1. The van der Waals surface area contributed by atoms with Crippen LogP contribution in [-0.4, -0.2) is 23.7 Å². The fraction of sp³-hybridized carbons (Fsp3) is 0.125. The van der Waals surface area contributed by atoms with Crippen LogP contribution in [0.5, 0.6) is 5.75 Å². The van der Waals surface area contributed by atoms with Gasteiger partial charge in [0.05, 0.1) is 16.0 Å². The molecule has 0 saturated carbocycles. The summed E-state index contributed by atoms with van der Waals surface area (Å²) in [4.78, 5) is 22.4. The molecular formula is C16H15N3O4S. The summed E-state index contributed by atoms with van der Waals surface area (Å²) < 4.78 is 5.47. The van der Waals surface area contributed by atoms with Crippen LogP contribution in [-0.2, 0) is 11.2 Å². The number of nitrogens with zero attached hydrogens (tertiary/aromatic N) is 2. The van der Waals surface area contributed by atoms with Crippen LogP contribution in [0, 0.1) is 10.1 Å². The SMILES string of the molecule is C=CCc1ccccc1OCC(=O)NN=Cc1ccc([N+](=O)[O-])s1. The van der Waals surface area contributed by atoms with E-state index in [0.717, 1.165) is 16.9 Å². The highest BCUT2D eigenvalue weighted by molar-refractivity contribution is 7.16. The molecule has 2 aromatic rings. The molecule has 1 aromatic carbocycles. The smallest absolute Gasteiger partial charge is 0.324 e. The summed E-state index contributed by atoms with van der Waals surface area (Å²) in [6.07, 6.45) is 3.75. The van der Waals surface area contributed by atoms with Gasteiger partial charge in [0.2, 0.25) is 0 Å². The number of hydrogen-bond acceptors (Lipinski definition) is 6. The highest BCUT2D eigenvalue weighted by atomic mass is 32.1. The molecule has 1 heterocycles. The van der Waals surface area contributed by atoms with Crippen molar-refractivity contribution in [2.45, 2.75) is 6.42 Å². The lowest BCUT2D eigenvalue weighted by molar-refractivity contribution is -0.380. The molecule has 0 aliphatic heterocycles. The van der Waals surface area contributed by atoms with Crippen molar-refractivity contribution in [1.29, 1.82) is 0 Å². The lowest BCUT2D eigenvalue weighted by atomic mass is 10.1. The fourth-order valence-corrected chi connectivity index (χ4v) is 2.52. The zero-order chi connectivity index (χ0) is 17.4.